The number of benzene rings is 2. The molecule has 0 aliphatic heterocycles. The average molecular weight is 397 g/mol. The van der Waals surface area contributed by atoms with E-state index in [1.165, 1.54) is 0 Å². The number of hydrazine groups is 1. The highest BCUT2D eigenvalue weighted by Gasteiger charge is 2.30. The maximum atomic E-state index is 12.5. The van der Waals surface area contributed by atoms with Gasteiger partial charge in [-0.1, -0.05) is 18.2 Å². The Morgan fingerprint density at radius 2 is 1.70 bits per heavy atom. The maximum absolute atomic E-state index is 12.5. The zero-order chi connectivity index (χ0) is 19.7. The summed E-state index contributed by atoms with van der Waals surface area (Å²) in [7, 11) is -4.20. The second kappa shape index (κ2) is 7.05. The van der Waals surface area contributed by atoms with Crippen LogP contribution in [0.5, 0.6) is 0 Å². The van der Waals surface area contributed by atoms with Gasteiger partial charge in [-0.2, -0.15) is 13.2 Å². The molecule has 0 aliphatic rings. The molecule has 10 heteroatoms. The third-order valence-corrected chi connectivity index (χ3v) is 5.11. The summed E-state index contributed by atoms with van der Waals surface area (Å²) in [6, 6.07) is 10.2. The van der Waals surface area contributed by atoms with Crippen LogP contribution in [0.15, 0.2) is 59.6 Å². The van der Waals surface area contributed by atoms with Gasteiger partial charge < -0.3 is 4.98 Å². The van der Waals surface area contributed by atoms with Crippen molar-refractivity contribution in [3.63, 3.8) is 0 Å². The van der Waals surface area contributed by atoms with E-state index in [-0.39, 0.29) is 6.42 Å². The van der Waals surface area contributed by atoms with E-state index in [1.54, 1.807) is 6.20 Å². The lowest BCUT2D eigenvalue weighted by atomic mass is 10.1. The summed E-state index contributed by atoms with van der Waals surface area (Å²) in [6.07, 6.45) is -3.00. The molecule has 0 radical (unpaired) electrons. The van der Waals surface area contributed by atoms with E-state index < -0.39 is 32.6 Å². The van der Waals surface area contributed by atoms with Gasteiger partial charge in [-0.15, -0.1) is 4.83 Å². The Bertz CT molecular complexity index is 1070. The van der Waals surface area contributed by atoms with Crippen LogP contribution >= 0.6 is 0 Å². The Balaban J connectivity index is 1.65. The van der Waals surface area contributed by atoms with Gasteiger partial charge in [0.2, 0.25) is 5.91 Å². The van der Waals surface area contributed by atoms with E-state index in [9.17, 15) is 26.4 Å². The maximum Gasteiger partial charge on any atom is 0.416 e. The largest absolute Gasteiger partial charge is 0.416 e. The molecule has 0 unspecified atom stereocenters. The number of fused-ring (bicyclic) bond motifs is 1. The number of hydrogen-bond acceptors (Lipinski definition) is 3. The van der Waals surface area contributed by atoms with Crippen molar-refractivity contribution in [3.8, 4) is 0 Å². The SMILES string of the molecule is O=C(Cc1c[nH]c2ccccc12)NNS(=O)(=O)c1ccc(C(F)(F)F)cc1. The average Bonchev–Trinajstić information content (AvgIpc) is 3.03. The van der Waals surface area contributed by atoms with Crippen LogP contribution in [0, 0.1) is 0 Å². The number of halogens is 3. The summed E-state index contributed by atoms with van der Waals surface area (Å²) < 4.78 is 61.8. The van der Waals surface area contributed by atoms with Crippen LogP contribution in [-0.2, 0) is 27.4 Å². The molecule has 0 saturated carbocycles. The smallest absolute Gasteiger partial charge is 0.361 e. The van der Waals surface area contributed by atoms with Crippen LogP contribution in [0.25, 0.3) is 10.9 Å². The minimum Gasteiger partial charge on any atom is -0.361 e. The third kappa shape index (κ3) is 4.29. The number of hydrogen-bond donors (Lipinski definition) is 3. The van der Waals surface area contributed by atoms with E-state index >= 15 is 0 Å². The second-order valence-electron chi connectivity index (χ2n) is 5.71. The van der Waals surface area contributed by atoms with Gasteiger partial charge in [-0.3, -0.25) is 10.2 Å². The predicted octanol–water partition coefficient (Wildman–Crippen LogP) is 2.74. The second-order valence-corrected chi connectivity index (χ2v) is 7.39. The van der Waals surface area contributed by atoms with Gasteiger partial charge in [0.25, 0.3) is 10.0 Å². The highest BCUT2D eigenvalue weighted by atomic mass is 32.2. The number of nitrogens with one attached hydrogen (secondary N) is 3. The van der Waals surface area contributed by atoms with Gasteiger partial charge in [0.05, 0.1) is 16.9 Å². The number of H-pyrrole nitrogens is 1. The molecule has 1 amide bonds. The van der Waals surface area contributed by atoms with Crippen LogP contribution in [0.4, 0.5) is 13.2 Å². The first kappa shape index (κ1) is 18.9. The number of para-hydroxylation sites is 1. The molecule has 27 heavy (non-hydrogen) atoms. The fourth-order valence-electron chi connectivity index (χ4n) is 2.50. The first-order chi connectivity index (χ1) is 12.7. The lowest BCUT2D eigenvalue weighted by molar-refractivity contribution is -0.137. The number of sulfonamides is 1. The van der Waals surface area contributed by atoms with Gasteiger partial charge in [-0.05, 0) is 35.9 Å². The molecular weight excluding hydrogens is 383 g/mol. The lowest BCUT2D eigenvalue weighted by Crippen LogP contribution is -2.42. The van der Waals surface area contributed by atoms with E-state index in [4.69, 9.17) is 0 Å². The summed E-state index contributed by atoms with van der Waals surface area (Å²) in [6.45, 7) is 0. The highest BCUT2D eigenvalue weighted by molar-refractivity contribution is 7.89. The Kier molecular flexibility index (Phi) is 4.94. The minimum atomic E-state index is -4.57. The number of amides is 1. The normalized spacial score (nSPS) is 12.3. The molecule has 0 aliphatic carbocycles. The van der Waals surface area contributed by atoms with Gasteiger partial charge in [0.1, 0.15) is 0 Å². The Hall–Kier alpha value is -2.85. The first-order valence-electron chi connectivity index (χ1n) is 7.70. The Morgan fingerprint density at radius 3 is 2.37 bits per heavy atom. The topological polar surface area (TPSA) is 91.1 Å². The van der Waals surface area contributed by atoms with Crippen LogP contribution in [0.1, 0.15) is 11.1 Å². The Labute approximate surface area is 152 Å². The molecule has 0 atom stereocenters. The quantitative estimate of drug-likeness (QED) is 0.578. The molecule has 0 fully saturated rings. The summed E-state index contributed by atoms with van der Waals surface area (Å²) in [5, 5.41) is 0.832. The number of alkyl halides is 3. The molecule has 3 aromatic rings. The van der Waals surface area contributed by atoms with Gasteiger partial charge in [0.15, 0.2) is 0 Å². The standard InChI is InChI=1S/C17H14F3N3O3S/c18-17(19,20)12-5-7-13(8-6-12)27(25,26)23-22-16(24)9-11-10-21-15-4-2-1-3-14(11)15/h1-8,10,21,23H,9H2,(H,22,24). The van der Waals surface area contributed by atoms with Crippen molar-refractivity contribution < 1.29 is 26.4 Å². The fourth-order valence-corrected chi connectivity index (χ4v) is 3.36. The van der Waals surface area contributed by atoms with E-state index in [1.807, 2.05) is 29.1 Å². The molecule has 1 aromatic heterocycles. The molecule has 3 rings (SSSR count). The van der Waals surface area contributed by atoms with Crippen LogP contribution in [0.3, 0.4) is 0 Å². The number of carbonyl (C=O) groups is 1. The number of aromatic amines is 1. The van der Waals surface area contributed by atoms with E-state index in [2.05, 4.69) is 10.4 Å². The molecule has 0 bridgehead atoms. The van der Waals surface area contributed by atoms with Crippen molar-refractivity contribution in [1.29, 1.82) is 0 Å². The van der Waals surface area contributed by atoms with Crippen molar-refractivity contribution in [2.45, 2.75) is 17.5 Å². The molecule has 142 valence electrons. The highest BCUT2D eigenvalue weighted by Crippen LogP contribution is 2.29. The first-order valence-corrected chi connectivity index (χ1v) is 9.18. The molecule has 0 saturated heterocycles. The Morgan fingerprint density at radius 1 is 1.04 bits per heavy atom. The molecular formula is C17H14F3N3O3S. The predicted molar refractivity (Wildman–Crippen MR) is 91.9 cm³/mol. The summed E-state index contributed by atoms with van der Waals surface area (Å²) in [5.41, 5.74) is 2.60. The summed E-state index contributed by atoms with van der Waals surface area (Å²) >= 11 is 0. The monoisotopic (exact) mass is 397 g/mol. The van der Waals surface area contributed by atoms with Crippen molar-refractivity contribution in [2.24, 2.45) is 0 Å². The molecule has 2 aromatic carbocycles. The van der Waals surface area contributed by atoms with Gasteiger partial charge >= 0.3 is 6.18 Å². The fraction of sp³-hybridized carbons (Fsp3) is 0.118. The third-order valence-electron chi connectivity index (χ3n) is 3.84. The number of carbonyl (C=O) groups excluding carboxylic acids is 1. The molecule has 1 heterocycles. The van der Waals surface area contributed by atoms with Crippen LogP contribution < -0.4 is 10.3 Å². The summed E-state index contributed by atoms with van der Waals surface area (Å²) in [5.74, 6) is -0.616. The summed E-state index contributed by atoms with van der Waals surface area (Å²) in [4.78, 5) is 16.5. The molecule has 6 nitrogen and oxygen atoms in total. The zero-order valence-corrected chi connectivity index (χ0v) is 14.5. The van der Waals surface area contributed by atoms with Crippen molar-refractivity contribution in [2.75, 3.05) is 0 Å². The van der Waals surface area contributed by atoms with E-state index in [0.29, 0.717) is 17.7 Å². The zero-order valence-electron chi connectivity index (χ0n) is 13.7. The van der Waals surface area contributed by atoms with Crippen molar-refractivity contribution >= 4 is 26.8 Å². The van der Waals surface area contributed by atoms with E-state index in [0.717, 1.165) is 23.0 Å². The van der Waals surface area contributed by atoms with Crippen molar-refractivity contribution in [3.05, 3.63) is 65.9 Å². The lowest BCUT2D eigenvalue weighted by Gasteiger charge is -2.10. The minimum absolute atomic E-state index is 0.0838. The number of rotatable bonds is 5. The van der Waals surface area contributed by atoms with Gasteiger partial charge in [-0.25, -0.2) is 8.42 Å². The van der Waals surface area contributed by atoms with Crippen molar-refractivity contribution in [1.82, 2.24) is 15.2 Å². The number of aromatic nitrogens is 1. The van der Waals surface area contributed by atoms with Crippen LogP contribution in [-0.4, -0.2) is 19.3 Å². The van der Waals surface area contributed by atoms with Gasteiger partial charge in [0, 0.05) is 17.1 Å². The molecule has 0 spiro atoms. The van der Waals surface area contributed by atoms with Crippen LogP contribution in [0.2, 0.25) is 0 Å². The molecule has 3 N–H and O–H groups in total.